The Morgan fingerprint density at radius 2 is 2.22 bits per heavy atom. The Labute approximate surface area is 107 Å². The molecule has 0 saturated carbocycles. The molecule has 0 bridgehead atoms. The maximum Gasteiger partial charge on any atom is 0.0743 e. The third-order valence-electron chi connectivity index (χ3n) is 3.17. The van der Waals surface area contributed by atoms with Gasteiger partial charge in [0.25, 0.3) is 0 Å². The van der Waals surface area contributed by atoms with E-state index in [0.717, 1.165) is 16.6 Å². The molecule has 0 aliphatic heterocycles. The highest BCUT2D eigenvalue weighted by molar-refractivity contribution is 5.93. The lowest BCUT2D eigenvalue weighted by molar-refractivity contribution is 0.704. The molecule has 2 N–H and O–H groups in total. The summed E-state index contributed by atoms with van der Waals surface area (Å²) >= 11 is 0. The van der Waals surface area contributed by atoms with Gasteiger partial charge in [-0.15, -0.1) is 0 Å². The number of fused-ring (bicyclic) bond motifs is 1. The second-order valence-electron chi connectivity index (χ2n) is 4.43. The minimum atomic E-state index is 0.165. The molecule has 2 aromatic rings. The molecule has 0 fully saturated rings. The van der Waals surface area contributed by atoms with Crippen LogP contribution in [0.4, 0.5) is 11.4 Å². The summed E-state index contributed by atoms with van der Waals surface area (Å²) in [6.07, 6.45) is 2.27. The number of rotatable bonds is 3. The SMILES string of the molecule is CC(CC#N)N(C)c1ccnc2cc(N)ccc12. The van der Waals surface area contributed by atoms with E-state index in [1.165, 1.54) is 0 Å². The quantitative estimate of drug-likeness (QED) is 0.837. The number of nitrogens with two attached hydrogens (primary N) is 1. The van der Waals surface area contributed by atoms with Crippen molar-refractivity contribution in [3.8, 4) is 6.07 Å². The first-order valence-corrected chi connectivity index (χ1v) is 5.87. The van der Waals surface area contributed by atoms with Crippen LogP contribution in [0.5, 0.6) is 0 Å². The van der Waals surface area contributed by atoms with Gasteiger partial charge < -0.3 is 10.6 Å². The van der Waals surface area contributed by atoms with E-state index in [1.54, 1.807) is 6.20 Å². The molecule has 4 nitrogen and oxygen atoms in total. The van der Waals surface area contributed by atoms with Crippen LogP contribution in [0.3, 0.4) is 0 Å². The van der Waals surface area contributed by atoms with E-state index in [1.807, 2.05) is 38.2 Å². The standard InChI is InChI=1S/C14H16N4/c1-10(5-7-15)18(2)14-6-8-17-13-9-11(16)3-4-12(13)14/h3-4,6,8-10H,5,16H2,1-2H3. The number of pyridine rings is 1. The Balaban J connectivity index is 2.48. The molecule has 4 heteroatoms. The second kappa shape index (κ2) is 4.92. The Hall–Kier alpha value is -2.28. The molecule has 0 radical (unpaired) electrons. The zero-order valence-electron chi connectivity index (χ0n) is 10.6. The maximum atomic E-state index is 8.78. The molecule has 1 unspecified atom stereocenters. The first-order chi connectivity index (χ1) is 8.63. The van der Waals surface area contributed by atoms with Crippen molar-refractivity contribution >= 4 is 22.3 Å². The average molecular weight is 240 g/mol. The normalized spacial score (nSPS) is 12.1. The van der Waals surface area contributed by atoms with Crippen LogP contribution in [0.1, 0.15) is 13.3 Å². The van der Waals surface area contributed by atoms with Crippen LogP contribution in [0.25, 0.3) is 10.9 Å². The first-order valence-electron chi connectivity index (χ1n) is 5.87. The van der Waals surface area contributed by atoms with E-state index in [-0.39, 0.29) is 6.04 Å². The van der Waals surface area contributed by atoms with Crippen molar-refractivity contribution in [3.05, 3.63) is 30.5 Å². The van der Waals surface area contributed by atoms with Gasteiger partial charge in [0.2, 0.25) is 0 Å². The van der Waals surface area contributed by atoms with Crippen LogP contribution in [-0.2, 0) is 0 Å². The number of hydrogen-bond donors (Lipinski definition) is 1. The molecule has 0 amide bonds. The first kappa shape index (κ1) is 12.2. The molecule has 92 valence electrons. The van der Waals surface area contributed by atoms with Gasteiger partial charge in [-0.3, -0.25) is 4.98 Å². The molecule has 0 spiro atoms. The summed E-state index contributed by atoms with van der Waals surface area (Å²) in [6.45, 7) is 2.03. The molecular formula is C14H16N4. The van der Waals surface area contributed by atoms with Gasteiger partial charge in [0.15, 0.2) is 0 Å². The molecule has 2 rings (SSSR count). The van der Waals surface area contributed by atoms with Crippen molar-refractivity contribution < 1.29 is 0 Å². The topological polar surface area (TPSA) is 65.9 Å². The smallest absolute Gasteiger partial charge is 0.0743 e. The molecule has 0 aliphatic rings. The lowest BCUT2D eigenvalue weighted by atomic mass is 10.1. The van der Waals surface area contributed by atoms with Crippen LogP contribution in [0.15, 0.2) is 30.5 Å². The van der Waals surface area contributed by atoms with Gasteiger partial charge in [-0.05, 0) is 31.2 Å². The monoisotopic (exact) mass is 240 g/mol. The predicted molar refractivity (Wildman–Crippen MR) is 74.3 cm³/mol. The summed E-state index contributed by atoms with van der Waals surface area (Å²) in [5.74, 6) is 0. The highest BCUT2D eigenvalue weighted by Crippen LogP contribution is 2.27. The lowest BCUT2D eigenvalue weighted by Crippen LogP contribution is -2.28. The molecular weight excluding hydrogens is 224 g/mol. The van der Waals surface area contributed by atoms with E-state index in [0.29, 0.717) is 12.1 Å². The average Bonchev–Trinajstić information content (AvgIpc) is 2.37. The van der Waals surface area contributed by atoms with Gasteiger partial charge in [0.05, 0.1) is 18.0 Å². The van der Waals surface area contributed by atoms with Gasteiger partial charge in [-0.1, -0.05) is 0 Å². The summed E-state index contributed by atoms with van der Waals surface area (Å²) in [5, 5.41) is 9.83. The number of aromatic nitrogens is 1. The molecule has 0 aliphatic carbocycles. The molecule has 1 aromatic heterocycles. The van der Waals surface area contributed by atoms with E-state index in [9.17, 15) is 0 Å². The summed E-state index contributed by atoms with van der Waals surface area (Å²) in [7, 11) is 1.99. The summed E-state index contributed by atoms with van der Waals surface area (Å²) in [4.78, 5) is 6.42. The van der Waals surface area contributed by atoms with Crippen LogP contribution in [0, 0.1) is 11.3 Å². The zero-order valence-corrected chi connectivity index (χ0v) is 10.6. The third kappa shape index (κ3) is 2.21. The molecule has 0 saturated heterocycles. The molecule has 18 heavy (non-hydrogen) atoms. The Kier molecular flexibility index (Phi) is 3.33. The fourth-order valence-corrected chi connectivity index (χ4v) is 1.96. The van der Waals surface area contributed by atoms with Gasteiger partial charge in [0, 0.05) is 36.0 Å². The van der Waals surface area contributed by atoms with Crippen LogP contribution < -0.4 is 10.6 Å². The fourth-order valence-electron chi connectivity index (χ4n) is 1.96. The van der Waals surface area contributed by atoms with E-state index in [4.69, 9.17) is 11.0 Å². The minimum absolute atomic E-state index is 0.165. The Bertz CT molecular complexity index is 600. The molecule has 1 heterocycles. The van der Waals surface area contributed by atoms with Crippen LogP contribution in [0.2, 0.25) is 0 Å². The minimum Gasteiger partial charge on any atom is -0.399 e. The summed E-state index contributed by atoms with van der Waals surface area (Å²) in [5.41, 5.74) is 8.42. The van der Waals surface area contributed by atoms with Crippen molar-refractivity contribution in [1.29, 1.82) is 5.26 Å². The lowest BCUT2D eigenvalue weighted by Gasteiger charge is -2.26. The van der Waals surface area contributed by atoms with Crippen molar-refractivity contribution in [3.63, 3.8) is 0 Å². The maximum absolute atomic E-state index is 8.78. The van der Waals surface area contributed by atoms with Gasteiger partial charge in [-0.25, -0.2) is 0 Å². The van der Waals surface area contributed by atoms with Gasteiger partial charge >= 0.3 is 0 Å². The Morgan fingerprint density at radius 3 is 2.94 bits per heavy atom. The van der Waals surface area contributed by atoms with Crippen molar-refractivity contribution in [2.24, 2.45) is 0 Å². The zero-order chi connectivity index (χ0) is 13.1. The molecule has 1 aromatic carbocycles. The number of nitriles is 1. The number of hydrogen-bond acceptors (Lipinski definition) is 4. The van der Waals surface area contributed by atoms with Crippen LogP contribution >= 0.6 is 0 Å². The number of benzene rings is 1. The number of nitrogen functional groups attached to an aromatic ring is 1. The number of nitrogens with zero attached hydrogens (tertiary/aromatic N) is 3. The highest BCUT2D eigenvalue weighted by Gasteiger charge is 2.12. The van der Waals surface area contributed by atoms with Gasteiger partial charge in [0.1, 0.15) is 0 Å². The summed E-state index contributed by atoms with van der Waals surface area (Å²) < 4.78 is 0. The van der Waals surface area contributed by atoms with E-state index < -0.39 is 0 Å². The predicted octanol–water partition coefficient (Wildman–Crippen LogP) is 2.56. The number of anilines is 2. The fraction of sp³-hybridized carbons (Fsp3) is 0.286. The van der Waals surface area contributed by atoms with Crippen LogP contribution in [-0.4, -0.2) is 18.1 Å². The second-order valence-corrected chi connectivity index (χ2v) is 4.43. The van der Waals surface area contributed by atoms with Gasteiger partial charge in [-0.2, -0.15) is 5.26 Å². The van der Waals surface area contributed by atoms with Crippen molar-refractivity contribution in [2.75, 3.05) is 17.7 Å². The van der Waals surface area contributed by atoms with E-state index in [2.05, 4.69) is 16.0 Å². The third-order valence-corrected chi connectivity index (χ3v) is 3.17. The largest absolute Gasteiger partial charge is 0.399 e. The van der Waals surface area contributed by atoms with E-state index >= 15 is 0 Å². The highest BCUT2D eigenvalue weighted by atomic mass is 15.1. The Morgan fingerprint density at radius 1 is 1.44 bits per heavy atom. The van der Waals surface area contributed by atoms with Crippen molar-refractivity contribution in [1.82, 2.24) is 4.98 Å². The van der Waals surface area contributed by atoms with Crippen molar-refractivity contribution in [2.45, 2.75) is 19.4 Å². The molecule has 1 atom stereocenters. The summed E-state index contributed by atoms with van der Waals surface area (Å²) in [6, 6.07) is 10.0.